The molecule has 0 bridgehead atoms. The van der Waals surface area contributed by atoms with E-state index in [0.29, 0.717) is 19.3 Å². The molecule has 0 unspecified atom stereocenters. The Kier molecular flexibility index (Phi) is 11.9. The highest BCUT2D eigenvalue weighted by atomic mass is 16.2. The summed E-state index contributed by atoms with van der Waals surface area (Å²) in [6.45, 7) is 6.96. The molecule has 12 heteroatoms. The van der Waals surface area contributed by atoms with Gasteiger partial charge in [-0.25, -0.2) is 0 Å². The molecule has 0 saturated heterocycles. The molecule has 0 saturated carbocycles. The molecule has 4 atom stereocenters. The van der Waals surface area contributed by atoms with Crippen molar-refractivity contribution in [3.05, 3.63) is 36.0 Å². The first-order valence-electron chi connectivity index (χ1n) is 13.3. The highest BCUT2D eigenvalue weighted by Gasteiger charge is 2.30. The molecule has 0 aliphatic carbocycles. The van der Waals surface area contributed by atoms with Crippen molar-refractivity contribution in [2.45, 2.75) is 77.5 Å². The molecule has 2 rings (SSSR count). The number of para-hydroxylation sites is 1. The topological polar surface area (TPSA) is 203 Å². The van der Waals surface area contributed by atoms with Crippen molar-refractivity contribution in [3.63, 3.8) is 0 Å². The molecule has 2 aromatic rings. The molecule has 39 heavy (non-hydrogen) atoms. The second kappa shape index (κ2) is 14.9. The van der Waals surface area contributed by atoms with Gasteiger partial charge in [-0.05, 0) is 37.3 Å². The number of nitrogens with one attached hydrogen (secondary N) is 5. The summed E-state index contributed by atoms with van der Waals surface area (Å²) >= 11 is 0. The van der Waals surface area contributed by atoms with E-state index in [2.05, 4.69) is 32.0 Å². The molecule has 5 amide bonds. The third-order valence-corrected chi connectivity index (χ3v) is 6.20. The van der Waals surface area contributed by atoms with E-state index < -0.39 is 47.8 Å². The quantitative estimate of drug-likeness (QED) is 0.154. The van der Waals surface area contributed by atoms with Crippen LogP contribution in [0.15, 0.2) is 30.5 Å². The normalized spacial score (nSPS) is 14.2. The monoisotopic (exact) mass is 544 g/mol. The van der Waals surface area contributed by atoms with Crippen LogP contribution in [-0.4, -0.2) is 65.2 Å². The van der Waals surface area contributed by atoms with Crippen LogP contribution in [0.5, 0.6) is 0 Å². The predicted molar refractivity (Wildman–Crippen MR) is 147 cm³/mol. The summed E-state index contributed by atoms with van der Waals surface area (Å²) in [5, 5.41) is 11.5. The van der Waals surface area contributed by atoms with Crippen molar-refractivity contribution in [1.82, 2.24) is 26.3 Å². The molecule has 0 fully saturated rings. The minimum atomic E-state index is -1.05. The van der Waals surface area contributed by atoms with Gasteiger partial charge in [0.2, 0.25) is 23.6 Å². The number of hydrogen-bond donors (Lipinski definition) is 7. The first kappa shape index (κ1) is 31.3. The van der Waals surface area contributed by atoms with Crippen molar-refractivity contribution < 1.29 is 29.7 Å². The van der Waals surface area contributed by atoms with Gasteiger partial charge >= 0.3 is 0 Å². The van der Waals surface area contributed by atoms with E-state index in [1.165, 1.54) is 0 Å². The molecular formula is C27H42N7O5+. The van der Waals surface area contributed by atoms with Crippen molar-refractivity contribution in [2.75, 3.05) is 6.54 Å². The molecule has 0 aliphatic rings. The highest BCUT2D eigenvalue weighted by Crippen LogP contribution is 2.19. The highest BCUT2D eigenvalue weighted by molar-refractivity contribution is 5.95. The van der Waals surface area contributed by atoms with Crippen LogP contribution in [0.3, 0.4) is 0 Å². The van der Waals surface area contributed by atoms with Crippen LogP contribution in [0.1, 0.15) is 52.5 Å². The summed E-state index contributed by atoms with van der Waals surface area (Å²) in [7, 11) is 0. The number of fused-ring (bicyclic) bond motifs is 1. The predicted octanol–water partition coefficient (Wildman–Crippen LogP) is -0.757. The van der Waals surface area contributed by atoms with Gasteiger partial charge in [0.25, 0.3) is 5.91 Å². The molecular weight excluding hydrogens is 502 g/mol. The second-order valence-corrected chi connectivity index (χ2v) is 10.2. The van der Waals surface area contributed by atoms with E-state index in [4.69, 9.17) is 5.73 Å². The van der Waals surface area contributed by atoms with Crippen LogP contribution in [0.25, 0.3) is 10.9 Å². The molecule has 12 nitrogen and oxygen atoms in total. The number of amides is 5. The summed E-state index contributed by atoms with van der Waals surface area (Å²) in [5.74, 6) is -2.66. The lowest BCUT2D eigenvalue weighted by Crippen LogP contribution is -2.66. The lowest BCUT2D eigenvalue weighted by atomic mass is 10.0. The van der Waals surface area contributed by atoms with E-state index in [1.807, 2.05) is 45.0 Å². The molecule has 10 N–H and O–H groups in total. The van der Waals surface area contributed by atoms with Gasteiger partial charge in [-0.15, -0.1) is 0 Å². The standard InChI is InChI=1S/C27H41N7O5/c1-5-8-20(24(29)36)33-27(39)22(12-17-13-30-19-10-7-6-9-18(17)19)34-26(38)21(11-15(2)3)32-23(35)14-31-25(37)16(4)28/h6-7,9-10,13,15-16,20-22,30H,5,8,11-12,14,28H2,1-4H3,(H2,29,36)(H,31,37)(H,32,35)(H,33,39)(H,34,38)/p+1/t16-,20-,21-,22-/m0/s1. The van der Waals surface area contributed by atoms with Crippen LogP contribution in [-0.2, 0) is 30.4 Å². The van der Waals surface area contributed by atoms with E-state index in [-0.39, 0.29) is 24.8 Å². The van der Waals surface area contributed by atoms with E-state index in [0.717, 1.165) is 16.5 Å². The van der Waals surface area contributed by atoms with Gasteiger partial charge in [-0.2, -0.15) is 0 Å². The summed E-state index contributed by atoms with van der Waals surface area (Å²) < 4.78 is 0. The number of rotatable bonds is 15. The lowest BCUT2D eigenvalue weighted by molar-refractivity contribution is -0.398. The molecule has 214 valence electrons. The summed E-state index contributed by atoms with van der Waals surface area (Å²) in [6, 6.07) is 4.16. The third kappa shape index (κ3) is 9.71. The molecule has 0 spiro atoms. The number of benzene rings is 1. The summed E-state index contributed by atoms with van der Waals surface area (Å²) in [5.41, 5.74) is 10.8. The van der Waals surface area contributed by atoms with Crippen molar-refractivity contribution in [1.29, 1.82) is 0 Å². The lowest BCUT2D eigenvalue weighted by Gasteiger charge is -2.25. The Morgan fingerprint density at radius 3 is 2.18 bits per heavy atom. The van der Waals surface area contributed by atoms with Crippen LogP contribution in [0.4, 0.5) is 0 Å². The first-order chi connectivity index (χ1) is 18.4. The van der Waals surface area contributed by atoms with Crippen LogP contribution in [0.2, 0.25) is 0 Å². The molecule has 0 aliphatic heterocycles. The summed E-state index contributed by atoms with van der Waals surface area (Å²) in [6.07, 6.45) is 3.20. The van der Waals surface area contributed by atoms with Crippen LogP contribution < -0.4 is 32.7 Å². The number of H-pyrrole nitrogens is 1. The van der Waals surface area contributed by atoms with E-state index in [1.54, 1.807) is 13.1 Å². The zero-order valence-electron chi connectivity index (χ0n) is 23.1. The molecule has 1 aromatic carbocycles. The Morgan fingerprint density at radius 1 is 0.923 bits per heavy atom. The third-order valence-electron chi connectivity index (χ3n) is 6.20. The zero-order chi connectivity index (χ0) is 29.1. The van der Waals surface area contributed by atoms with E-state index >= 15 is 0 Å². The number of aromatic nitrogens is 1. The Balaban J connectivity index is 2.26. The van der Waals surface area contributed by atoms with Gasteiger partial charge < -0.3 is 37.7 Å². The van der Waals surface area contributed by atoms with Gasteiger partial charge in [0.15, 0.2) is 6.04 Å². The molecule has 0 radical (unpaired) electrons. The van der Waals surface area contributed by atoms with Gasteiger partial charge in [0.05, 0.1) is 6.54 Å². The number of carbonyl (C=O) groups is 5. The van der Waals surface area contributed by atoms with Crippen molar-refractivity contribution >= 4 is 40.4 Å². The number of carbonyl (C=O) groups excluding carboxylic acids is 5. The number of quaternary nitrogens is 1. The first-order valence-corrected chi connectivity index (χ1v) is 13.3. The maximum Gasteiger partial charge on any atom is 0.278 e. The smallest absolute Gasteiger partial charge is 0.278 e. The van der Waals surface area contributed by atoms with Crippen molar-refractivity contribution in [3.8, 4) is 0 Å². The minimum absolute atomic E-state index is 0.0418. The maximum atomic E-state index is 13.4. The number of nitrogens with two attached hydrogens (primary N) is 1. The van der Waals surface area contributed by atoms with E-state index in [9.17, 15) is 24.0 Å². The zero-order valence-corrected chi connectivity index (χ0v) is 23.1. The fraction of sp³-hybridized carbons (Fsp3) is 0.519. The number of aromatic amines is 1. The average molecular weight is 545 g/mol. The second-order valence-electron chi connectivity index (χ2n) is 10.2. The Morgan fingerprint density at radius 2 is 1.56 bits per heavy atom. The molecule has 1 heterocycles. The minimum Gasteiger partial charge on any atom is -0.368 e. The van der Waals surface area contributed by atoms with Crippen LogP contribution >= 0.6 is 0 Å². The fourth-order valence-electron chi connectivity index (χ4n) is 4.14. The largest absolute Gasteiger partial charge is 0.368 e. The maximum absolute atomic E-state index is 13.4. The van der Waals surface area contributed by atoms with Crippen molar-refractivity contribution in [2.24, 2.45) is 11.7 Å². The Hall–Kier alpha value is -3.93. The SMILES string of the molecule is CCC[C@H](NC(=O)[C@H](Cc1c[nH]c2ccccc12)NC(=O)[C@H](CC(C)C)NC(=O)CNC(=O)[C@H](C)[NH3+])C(N)=O. The number of primary amides is 1. The average Bonchev–Trinajstić information content (AvgIpc) is 3.28. The fourth-order valence-corrected chi connectivity index (χ4v) is 4.14. The Labute approximate surface area is 228 Å². The van der Waals surface area contributed by atoms with Gasteiger partial charge in [0.1, 0.15) is 18.1 Å². The van der Waals surface area contributed by atoms with Crippen LogP contribution in [0, 0.1) is 5.92 Å². The van der Waals surface area contributed by atoms with Gasteiger partial charge in [-0.3, -0.25) is 24.0 Å². The molecule has 1 aromatic heterocycles. The summed E-state index contributed by atoms with van der Waals surface area (Å²) in [4.78, 5) is 66.1. The number of hydrogen-bond acceptors (Lipinski definition) is 5. The Bertz CT molecular complexity index is 1160. The van der Waals surface area contributed by atoms with Gasteiger partial charge in [-0.1, -0.05) is 45.4 Å². The van der Waals surface area contributed by atoms with Gasteiger partial charge in [0, 0.05) is 23.5 Å².